The Kier molecular flexibility index (Phi) is 4.83. The number of hydrogen-bond donors (Lipinski definition) is 1. The molecule has 2 atom stereocenters. The zero-order valence-corrected chi connectivity index (χ0v) is 9.41. The summed E-state index contributed by atoms with van der Waals surface area (Å²) >= 11 is 0. The molecule has 2 nitrogen and oxygen atoms in total. The largest absolute Gasteiger partial charge is 0.386 e. The molecule has 0 aliphatic rings. The minimum absolute atomic E-state index is 0.0553. The van der Waals surface area contributed by atoms with Crippen LogP contribution in [0.1, 0.15) is 31.9 Å². The van der Waals surface area contributed by atoms with Crippen molar-refractivity contribution in [1.82, 2.24) is 0 Å². The summed E-state index contributed by atoms with van der Waals surface area (Å²) in [5.74, 6) is -1.96. The fourth-order valence-corrected chi connectivity index (χ4v) is 1.60. The van der Waals surface area contributed by atoms with E-state index in [1.165, 1.54) is 12.1 Å². The van der Waals surface area contributed by atoms with Crippen molar-refractivity contribution >= 4 is 0 Å². The summed E-state index contributed by atoms with van der Waals surface area (Å²) in [6.07, 6.45) is -1.12. The van der Waals surface area contributed by atoms with Gasteiger partial charge in [0.1, 0.15) is 6.10 Å². The van der Waals surface area contributed by atoms with E-state index in [0.29, 0.717) is 13.0 Å². The summed E-state index contributed by atoms with van der Waals surface area (Å²) in [6, 6.07) is 3.76. The van der Waals surface area contributed by atoms with Gasteiger partial charge in [0.05, 0.1) is 6.10 Å². The van der Waals surface area contributed by atoms with Crippen LogP contribution in [0.25, 0.3) is 0 Å². The molecule has 4 heteroatoms. The van der Waals surface area contributed by atoms with E-state index in [1.54, 1.807) is 6.92 Å². The van der Waals surface area contributed by atoms with E-state index < -0.39 is 23.8 Å². The molecule has 90 valence electrons. The van der Waals surface area contributed by atoms with Crippen molar-refractivity contribution in [2.24, 2.45) is 0 Å². The minimum atomic E-state index is -1.14. The van der Waals surface area contributed by atoms with Crippen LogP contribution in [0.2, 0.25) is 0 Å². The maximum atomic E-state index is 13.4. The van der Waals surface area contributed by atoms with E-state index in [-0.39, 0.29) is 5.56 Å². The smallest absolute Gasteiger partial charge is 0.164 e. The Bertz CT molecular complexity index is 342. The maximum absolute atomic E-state index is 13.4. The van der Waals surface area contributed by atoms with Gasteiger partial charge >= 0.3 is 0 Å². The Labute approximate surface area is 93.9 Å². The SMILES string of the molecule is CCOC(CC)C(O)c1cccc(F)c1F. The van der Waals surface area contributed by atoms with Crippen molar-refractivity contribution in [2.45, 2.75) is 32.5 Å². The second-order valence-electron chi connectivity index (χ2n) is 3.49. The van der Waals surface area contributed by atoms with Crippen molar-refractivity contribution in [1.29, 1.82) is 0 Å². The molecule has 0 bridgehead atoms. The molecule has 0 amide bonds. The number of rotatable bonds is 5. The molecule has 0 aliphatic heterocycles. The fraction of sp³-hybridized carbons (Fsp3) is 0.500. The third-order valence-electron chi connectivity index (χ3n) is 2.44. The van der Waals surface area contributed by atoms with Gasteiger partial charge in [0.25, 0.3) is 0 Å². The molecule has 1 aromatic carbocycles. The van der Waals surface area contributed by atoms with Gasteiger partial charge < -0.3 is 9.84 Å². The van der Waals surface area contributed by atoms with Crippen molar-refractivity contribution in [3.8, 4) is 0 Å². The lowest BCUT2D eigenvalue weighted by Crippen LogP contribution is -2.22. The molecule has 2 unspecified atom stereocenters. The average Bonchev–Trinajstić information content (AvgIpc) is 2.29. The van der Waals surface area contributed by atoms with Gasteiger partial charge in [-0.3, -0.25) is 0 Å². The van der Waals surface area contributed by atoms with Gasteiger partial charge in [0.15, 0.2) is 11.6 Å². The lowest BCUT2D eigenvalue weighted by molar-refractivity contribution is -0.0371. The molecule has 0 aromatic heterocycles. The first-order valence-electron chi connectivity index (χ1n) is 5.35. The second-order valence-corrected chi connectivity index (χ2v) is 3.49. The normalized spacial score (nSPS) is 14.8. The number of aliphatic hydroxyl groups excluding tert-OH is 1. The molecule has 16 heavy (non-hydrogen) atoms. The van der Waals surface area contributed by atoms with Crippen molar-refractivity contribution in [3.63, 3.8) is 0 Å². The molecule has 0 spiro atoms. The Morgan fingerprint density at radius 2 is 2.00 bits per heavy atom. The Hall–Kier alpha value is -1.00. The van der Waals surface area contributed by atoms with Gasteiger partial charge in [-0.05, 0) is 19.4 Å². The Morgan fingerprint density at radius 1 is 1.31 bits per heavy atom. The van der Waals surface area contributed by atoms with E-state index in [1.807, 2.05) is 6.92 Å². The van der Waals surface area contributed by atoms with Gasteiger partial charge in [-0.1, -0.05) is 19.1 Å². The third kappa shape index (κ3) is 2.77. The zero-order valence-electron chi connectivity index (χ0n) is 9.41. The highest BCUT2D eigenvalue weighted by atomic mass is 19.2. The number of aliphatic hydroxyl groups is 1. The molecule has 0 aliphatic carbocycles. The van der Waals surface area contributed by atoms with Crippen LogP contribution < -0.4 is 0 Å². The molecular weight excluding hydrogens is 214 g/mol. The first-order valence-corrected chi connectivity index (χ1v) is 5.35. The molecule has 0 fully saturated rings. The first-order chi connectivity index (χ1) is 7.61. The zero-order chi connectivity index (χ0) is 12.1. The summed E-state index contributed by atoms with van der Waals surface area (Å²) < 4.78 is 31.6. The number of halogens is 2. The number of hydrogen-bond acceptors (Lipinski definition) is 2. The molecule has 0 heterocycles. The Morgan fingerprint density at radius 3 is 2.56 bits per heavy atom. The molecular formula is C12H16F2O2. The maximum Gasteiger partial charge on any atom is 0.164 e. The first kappa shape index (κ1) is 13.1. The average molecular weight is 230 g/mol. The van der Waals surface area contributed by atoms with Crippen LogP contribution in [-0.4, -0.2) is 17.8 Å². The quantitative estimate of drug-likeness (QED) is 0.842. The lowest BCUT2D eigenvalue weighted by Gasteiger charge is -2.22. The lowest BCUT2D eigenvalue weighted by atomic mass is 10.0. The van der Waals surface area contributed by atoms with Crippen LogP contribution in [0.15, 0.2) is 18.2 Å². The summed E-state index contributed by atoms with van der Waals surface area (Å²) in [5.41, 5.74) is -0.0553. The van der Waals surface area contributed by atoms with Gasteiger partial charge in [-0.2, -0.15) is 0 Å². The summed E-state index contributed by atoms with van der Waals surface area (Å²) in [7, 11) is 0. The van der Waals surface area contributed by atoms with Crippen LogP contribution in [0.4, 0.5) is 8.78 Å². The van der Waals surface area contributed by atoms with Crippen LogP contribution >= 0.6 is 0 Å². The van der Waals surface area contributed by atoms with E-state index in [2.05, 4.69) is 0 Å². The molecule has 0 radical (unpaired) electrons. The number of ether oxygens (including phenoxy) is 1. The van der Waals surface area contributed by atoms with Crippen molar-refractivity contribution in [3.05, 3.63) is 35.4 Å². The van der Waals surface area contributed by atoms with E-state index >= 15 is 0 Å². The fourth-order valence-electron chi connectivity index (χ4n) is 1.60. The highest BCUT2D eigenvalue weighted by molar-refractivity contribution is 5.22. The molecule has 0 saturated heterocycles. The predicted molar refractivity (Wildman–Crippen MR) is 57.0 cm³/mol. The van der Waals surface area contributed by atoms with Crippen LogP contribution in [-0.2, 0) is 4.74 Å². The van der Waals surface area contributed by atoms with Crippen LogP contribution in [0, 0.1) is 11.6 Å². The van der Waals surface area contributed by atoms with Gasteiger partial charge in [-0.25, -0.2) is 8.78 Å². The number of benzene rings is 1. The predicted octanol–water partition coefficient (Wildman–Crippen LogP) is 2.81. The van der Waals surface area contributed by atoms with Crippen LogP contribution in [0.3, 0.4) is 0 Å². The van der Waals surface area contributed by atoms with E-state index in [4.69, 9.17) is 4.74 Å². The minimum Gasteiger partial charge on any atom is -0.386 e. The van der Waals surface area contributed by atoms with Crippen molar-refractivity contribution < 1.29 is 18.6 Å². The van der Waals surface area contributed by atoms with Crippen LogP contribution in [0.5, 0.6) is 0 Å². The summed E-state index contributed by atoms with van der Waals surface area (Å²) in [5, 5.41) is 9.89. The summed E-state index contributed by atoms with van der Waals surface area (Å²) in [6.45, 7) is 4.03. The highest BCUT2D eigenvalue weighted by Gasteiger charge is 2.23. The monoisotopic (exact) mass is 230 g/mol. The van der Waals surface area contributed by atoms with Crippen molar-refractivity contribution in [2.75, 3.05) is 6.61 Å². The molecule has 1 rings (SSSR count). The molecule has 1 aromatic rings. The van der Waals surface area contributed by atoms with Gasteiger partial charge in [0, 0.05) is 12.2 Å². The molecule has 1 N–H and O–H groups in total. The molecule has 0 saturated carbocycles. The third-order valence-corrected chi connectivity index (χ3v) is 2.44. The highest BCUT2D eigenvalue weighted by Crippen LogP contribution is 2.25. The van der Waals surface area contributed by atoms with Gasteiger partial charge in [-0.15, -0.1) is 0 Å². The van der Waals surface area contributed by atoms with Gasteiger partial charge in [0.2, 0.25) is 0 Å². The standard InChI is InChI=1S/C12H16F2O2/c1-3-10(16-4-2)12(15)8-6-5-7-9(13)11(8)14/h5-7,10,12,15H,3-4H2,1-2H3. The topological polar surface area (TPSA) is 29.5 Å². The Balaban J connectivity index is 2.94. The second kappa shape index (κ2) is 5.92. The summed E-state index contributed by atoms with van der Waals surface area (Å²) in [4.78, 5) is 0. The van der Waals surface area contributed by atoms with E-state index in [0.717, 1.165) is 6.07 Å². The van der Waals surface area contributed by atoms with E-state index in [9.17, 15) is 13.9 Å².